The Morgan fingerprint density at radius 3 is 2.27 bits per heavy atom. The summed E-state index contributed by atoms with van der Waals surface area (Å²) in [5.74, 6) is 6.42. The molecular weight excluding hydrogens is 504 g/mol. The molecular formula is C29H36F3N2NaOS. The van der Waals surface area contributed by atoms with Gasteiger partial charge in [-0.15, -0.1) is 47.5 Å². The molecule has 3 aromatic rings. The second-order valence-electron chi connectivity index (χ2n) is 8.04. The van der Waals surface area contributed by atoms with E-state index in [0.717, 1.165) is 10.6 Å². The third-order valence-corrected chi connectivity index (χ3v) is 6.28. The zero-order chi connectivity index (χ0) is 26.4. The number of hydrogen-bond donors (Lipinski definition) is 1. The Kier molecular flexibility index (Phi) is 16.0. The average molecular weight is 541 g/mol. The van der Waals surface area contributed by atoms with Crippen molar-refractivity contribution in [1.29, 1.82) is 0 Å². The van der Waals surface area contributed by atoms with Crippen LogP contribution in [0.4, 0.5) is 18.9 Å². The Bertz CT molecular complexity index is 1120. The molecule has 0 unspecified atom stereocenters. The van der Waals surface area contributed by atoms with Crippen molar-refractivity contribution in [3.63, 3.8) is 0 Å². The first-order valence-electron chi connectivity index (χ1n) is 12.4. The standard InChI is InChI=1S/C21H18F3N2OS.C6H12.C2H6.Na/c1-27-20-13-17(28-2)9-10-18(20)25-11-5-7-16-12-15-6-3-4-8-19(15)26(16)14-21(22,23)24;1-2-4-6-5-3-1;1-2;/h3-4,8-10,12-13,25H,11,14H2,1-2H3;1-6H2;1-2H3;/q-1;;;+1. The van der Waals surface area contributed by atoms with Crippen LogP contribution in [-0.2, 0) is 6.54 Å². The van der Waals surface area contributed by atoms with Gasteiger partial charge in [0.15, 0.2) is 0 Å². The Morgan fingerprint density at radius 2 is 1.70 bits per heavy atom. The van der Waals surface area contributed by atoms with Gasteiger partial charge in [0.05, 0.1) is 19.3 Å². The van der Waals surface area contributed by atoms with Crippen molar-refractivity contribution in [3.8, 4) is 17.6 Å². The van der Waals surface area contributed by atoms with Crippen LogP contribution in [0.1, 0.15) is 58.1 Å². The van der Waals surface area contributed by atoms with E-state index in [4.69, 9.17) is 4.74 Å². The minimum absolute atomic E-state index is 0. The molecule has 37 heavy (non-hydrogen) atoms. The van der Waals surface area contributed by atoms with Crippen LogP contribution in [-0.4, -0.2) is 30.7 Å². The van der Waals surface area contributed by atoms with Gasteiger partial charge in [-0.1, -0.05) is 64.2 Å². The number of halogens is 3. The number of alkyl halides is 3. The third-order valence-electron chi connectivity index (χ3n) is 5.56. The molecule has 0 atom stereocenters. The molecule has 1 aliphatic rings. The molecule has 2 aromatic carbocycles. The molecule has 0 bridgehead atoms. The first-order valence-corrected chi connectivity index (χ1v) is 13.6. The molecule has 4 rings (SSSR count). The number of ether oxygens (including phenoxy) is 1. The fourth-order valence-electron chi connectivity index (χ4n) is 3.87. The van der Waals surface area contributed by atoms with Crippen LogP contribution in [0.25, 0.3) is 10.9 Å². The van der Waals surface area contributed by atoms with Crippen LogP contribution in [0.2, 0.25) is 0 Å². The molecule has 1 aliphatic carbocycles. The monoisotopic (exact) mass is 540 g/mol. The second-order valence-corrected chi connectivity index (χ2v) is 8.92. The molecule has 1 heterocycles. The molecule has 1 saturated carbocycles. The number of nitrogens with one attached hydrogen (secondary N) is 1. The van der Waals surface area contributed by atoms with Crippen molar-refractivity contribution in [1.82, 2.24) is 4.57 Å². The summed E-state index contributed by atoms with van der Waals surface area (Å²) in [6, 6.07) is 15.3. The van der Waals surface area contributed by atoms with E-state index < -0.39 is 12.7 Å². The summed E-state index contributed by atoms with van der Waals surface area (Å²) >= 11 is 1.61. The topological polar surface area (TPSA) is 26.2 Å². The molecule has 0 amide bonds. The molecule has 8 heteroatoms. The van der Waals surface area contributed by atoms with Gasteiger partial charge in [-0.05, 0) is 30.0 Å². The van der Waals surface area contributed by atoms with Crippen LogP contribution < -0.4 is 39.6 Å². The van der Waals surface area contributed by atoms with Gasteiger partial charge in [-0.2, -0.15) is 13.2 Å². The summed E-state index contributed by atoms with van der Waals surface area (Å²) in [4.78, 5) is 1.07. The number of rotatable bonds is 5. The number of hydrogen-bond acceptors (Lipinski definition) is 3. The van der Waals surface area contributed by atoms with Crippen LogP contribution in [0.3, 0.4) is 0 Å². The van der Waals surface area contributed by atoms with Crippen molar-refractivity contribution in [3.05, 3.63) is 54.2 Å². The predicted octanol–water partition coefficient (Wildman–Crippen LogP) is 5.57. The number of anilines is 1. The van der Waals surface area contributed by atoms with Gasteiger partial charge in [0.1, 0.15) is 12.3 Å². The van der Waals surface area contributed by atoms with E-state index in [2.05, 4.69) is 23.2 Å². The Balaban J connectivity index is 0.000000658. The molecule has 0 spiro atoms. The molecule has 3 nitrogen and oxygen atoms in total. The average Bonchev–Trinajstić information content (AvgIpc) is 3.25. The Labute approximate surface area is 246 Å². The summed E-state index contributed by atoms with van der Waals surface area (Å²) in [6.07, 6.45) is 6.65. The number of fused-ring (bicyclic) bond motifs is 1. The van der Waals surface area contributed by atoms with Crippen LogP contribution in [0, 0.1) is 17.9 Å². The molecule has 196 valence electrons. The van der Waals surface area contributed by atoms with E-state index in [-0.39, 0.29) is 36.1 Å². The number of methoxy groups -OCH3 is 1. The maximum atomic E-state index is 13.0. The largest absolute Gasteiger partial charge is 1.00 e. The zero-order valence-electron chi connectivity index (χ0n) is 22.6. The van der Waals surface area contributed by atoms with E-state index in [0.29, 0.717) is 22.3 Å². The van der Waals surface area contributed by atoms with Crippen molar-refractivity contribution in [2.45, 2.75) is 70.0 Å². The third kappa shape index (κ3) is 11.3. The van der Waals surface area contributed by atoms with E-state index in [1.54, 1.807) is 43.1 Å². The summed E-state index contributed by atoms with van der Waals surface area (Å²) in [5, 5.41) is 3.75. The van der Waals surface area contributed by atoms with Crippen molar-refractivity contribution < 1.29 is 47.5 Å². The minimum Gasteiger partial charge on any atom is -0.495 e. The summed E-state index contributed by atoms with van der Waals surface area (Å²) < 4.78 is 45.5. The quantitative estimate of drug-likeness (QED) is 0.198. The van der Waals surface area contributed by atoms with Crippen molar-refractivity contribution in [2.24, 2.45) is 0 Å². The van der Waals surface area contributed by atoms with Gasteiger partial charge in [0.25, 0.3) is 0 Å². The summed E-state index contributed by atoms with van der Waals surface area (Å²) in [5.41, 5.74) is 1.55. The maximum absolute atomic E-state index is 13.0. The van der Waals surface area contributed by atoms with Crippen molar-refractivity contribution >= 4 is 28.4 Å². The first kappa shape index (κ1) is 33.3. The van der Waals surface area contributed by atoms with E-state index in [9.17, 15) is 13.2 Å². The summed E-state index contributed by atoms with van der Waals surface area (Å²) in [7, 11) is 1.59. The first-order chi connectivity index (χ1) is 17.4. The second kappa shape index (κ2) is 17.7. The molecule has 1 fully saturated rings. The molecule has 1 aromatic heterocycles. The number of aromatic nitrogens is 1. The van der Waals surface area contributed by atoms with Gasteiger partial charge >= 0.3 is 35.7 Å². The zero-order valence-corrected chi connectivity index (χ0v) is 25.4. The smallest absolute Gasteiger partial charge is 0.495 e. The van der Waals surface area contributed by atoms with Gasteiger partial charge in [0.2, 0.25) is 0 Å². The fourth-order valence-corrected chi connectivity index (χ4v) is 4.30. The van der Waals surface area contributed by atoms with Gasteiger partial charge < -0.3 is 14.6 Å². The molecule has 0 saturated heterocycles. The summed E-state index contributed by atoms with van der Waals surface area (Å²) in [6.45, 7) is 3.18. The van der Waals surface area contributed by atoms with E-state index >= 15 is 0 Å². The van der Waals surface area contributed by atoms with E-state index in [1.807, 2.05) is 38.3 Å². The number of nitrogens with zero attached hydrogens (tertiary/aromatic N) is 1. The molecule has 0 aliphatic heterocycles. The maximum Gasteiger partial charge on any atom is 1.00 e. The van der Waals surface area contributed by atoms with Gasteiger partial charge in [0, 0.05) is 10.6 Å². The molecule has 1 N–H and O–H groups in total. The van der Waals surface area contributed by atoms with Gasteiger partial charge in [-0.3, -0.25) is 0 Å². The number of benzene rings is 2. The van der Waals surface area contributed by atoms with Crippen molar-refractivity contribution in [2.75, 3.05) is 25.2 Å². The Morgan fingerprint density at radius 1 is 1.05 bits per heavy atom. The predicted molar refractivity (Wildman–Crippen MR) is 146 cm³/mol. The normalized spacial score (nSPS) is 12.5. The molecule has 0 radical (unpaired) electrons. The van der Waals surface area contributed by atoms with Gasteiger partial charge in [-0.25, -0.2) is 0 Å². The fraction of sp³-hybridized carbons (Fsp3) is 0.448. The Hall–Kier alpha value is -1.72. The SMILES string of the molecule is C1CCCCC1.CC.COc1cc(SC)ccc1NCC#Cc1cc2[c-]cccc2n1CC(F)(F)F.[Na+]. The number of thioether (sulfide) groups is 1. The van der Waals surface area contributed by atoms with Crippen LogP contribution >= 0.6 is 11.8 Å². The van der Waals surface area contributed by atoms with E-state index in [1.165, 1.54) is 43.1 Å². The van der Waals surface area contributed by atoms with Crippen LogP contribution in [0.5, 0.6) is 5.75 Å². The van der Waals surface area contributed by atoms with Crippen LogP contribution in [0.15, 0.2) is 47.4 Å². The minimum atomic E-state index is -4.33.